The third kappa shape index (κ3) is 2.08. The highest BCUT2D eigenvalue weighted by molar-refractivity contribution is 6.63. The summed E-state index contributed by atoms with van der Waals surface area (Å²) in [7, 11) is -1.63. The van der Waals surface area contributed by atoms with Gasteiger partial charge in [-0.25, -0.2) is 17.6 Å². The Bertz CT molecular complexity index is 694. The summed E-state index contributed by atoms with van der Waals surface area (Å²) in [6, 6.07) is 2.15. The monoisotopic (exact) mass is 304 g/mol. The van der Waals surface area contributed by atoms with Crippen molar-refractivity contribution in [1.82, 2.24) is 0 Å². The van der Waals surface area contributed by atoms with Crippen LogP contribution in [-0.4, -0.2) is 7.12 Å². The van der Waals surface area contributed by atoms with Gasteiger partial charge in [0.2, 0.25) is 23.3 Å². The number of fused-ring (bicyclic) bond motifs is 1. The van der Waals surface area contributed by atoms with Gasteiger partial charge in [0.1, 0.15) is 11.6 Å². The second kappa shape index (κ2) is 4.61. The smallest absolute Gasteiger partial charge is 0.517 e. The van der Waals surface area contributed by atoms with Crippen LogP contribution in [0.25, 0.3) is 0 Å². The molecule has 108 valence electrons. The molecule has 0 radical (unpaired) electrons. The summed E-state index contributed by atoms with van der Waals surface area (Å²) in [4.78, 5) is 0. The molecule has 0 bridgehead atoms. The minimum Gasteiger partial charge on any atom is -0.517 e. The summed E-state index contributed by atoms with van der Waals surface area (Å²) in [5, 5.41) is 0. The summed E-state index contributed by atoms with van der Waals surface area (Å²) in [6.07, 6.45) is 0. The first-order valence-corrected chi connectivity index (χ1v) is 5.53. The largest absolute Gasteiger partial charge is 0.633 e. The maximum atomic E-state index is 13.5. The van der Waals surface area contributed by atoms with Gasteiger partial charge in [-0.3, -0.25) is 0 Å². The van der Waals surface area contributed by atoms with E-state index in [1.807, 2.05) is 0 Å². The van der Waals surface area contributed by atoms with Gasteiger partial charge in [-0.1, -0.05) is 0 Å². The van der Waals surface area contributed by atoms with Gasteiger partial charge in [-0.05, 0) is 12.1 Å². The number of hydrogen-bond donors (Lipinski definition) is 0. The molecule has 1 heterocycles. The molecule has 1 aliphatic rings. The second-order valence-corrected chi connectivity index (χ2v) is 4.18. The maximum absolute atomic E-state index is 13.5. The van der Waals surface area contributed by atoms with Crippen molar-refractivity contribution in [2.75, 3.05) is 0 Å². The van der Waals surface area contributed by atoms with E-state index >= 15 is 0 Å². The van der Waals surface area contributed by atoms with Gasteiger partial charge >= 0.3 is 7.12 Å². The third-order valence-electron chi connectivity index (χ3n) is 2.79. The molecule has 0 aromatic heterocycles. The van der Waals surface area contributed by atoms with Gasteiger partial charge < -0.3 is 9.31 Å². The molecule has 0 aliphatic carbocycles. The molecular weight excluding hydrogens is 301 g/mol. The predicted octanol–water partition coefficient (Wildman–Crippen LogP) is 2.69. The molecule has 2 aromatic carbocycles. The van der Waals surface area contributed by atoms with Crippen LogP contribution in [0.5, 0.6) is 11.5 Å². The van der Waals surface area contributed by atoms with Gasteiger partial charge in [0, 0.05) is 11.5 Å². The molecule has 21 heavy (non-hydrogen) atoms. The molecule has 0 spiro atoms. The van der Waals surface area contributed by atoms with Crippen molar-refractivity contribution in [3.05, 3.63) is 53.1 Å². The van der Waals surface area contributed by atoms with Crippen LogP contribution in [-0.2, 0) is 0 Å². The number of benzene rings is 2. The van der Waals surface area contributed by atoms with Crippen molar-refractivity contribution in [1.29, 1.82) is 0 Å². The van der Waals surface area contributed by atoms with E-state index < -0.39 is 53.5 Å². The van der Waals surface area contributed by atoms with Crippen LogP contribution in [0.4, 0.5) is 26.3 Å². The normalized spacial score (nSPS) is 13.0. The van der Waals surface area contributed by atoms with Crippen molar-refractivity contribution in [2.45, 2.75) is 0 Å². The number of hydrogen-bond acceptors (Lipinski definition) is 2. The highest BCUT2D eigenvalue weighted by Crippen LogP contribution is 2.41. The van der Waals surface area contributed by atoms with Crippen LogP contribution in [0.1, 0.15) is 0 Å². The summed E-state index contributed by atoms with van der Waals surface area (Å²) in [5.74, 6) is -11.7. The summed E-state index contributed by atoms with van der Waals surface area (Å²) >= 11 is 0. The number of halogens is 6. The van der Waals surface area contributed by atoms with E-state index in [0.29, 0.717) is 6.07 Å². The zero-order valence-corrected chi connectivity index (χ0v) is 9.89. The van der Waals surface area contributed by atoms with E-state index in [-0.39, 0.29) is 5.46 Å². The van der Waals surface area contributed by atoms with E-state index in [1.54, 1.807) is 0 Å². The topological polar surface area (TPSA) is 18.5 Å². The molecule has 2 aromatic rings. The van der Waals surface area contributed by atoms with Crippen molar-refractivity contribution in [3.8, 4) is 11.5 Å². The van der Waals surface area contributed by atoms with Gasteiger partial charge in [0.25, 0.3) is 0 Å². The van der Waals surface area contributed by atoms with Crippen LogP contribution in [0, 0.1) is 34.9 Å². The first-order chi connectivity index (χ1) is 9.88. The lowest BCUT2D eigenvalue weighted by molar-refractivity contribution is 0.388. The zero-order valence-electron chi connectivity index (χ0n) is 9.89. The fourth-order valence-corrected chi connectivity index (χ4v) is 1.89. The highest BCUT2D eigenvalue weighted by atomic mass is 19.2. The average molecular weight is 304 g/mol. The molecule has 0 saturated heterocycles. The van der Waals surface area contributed by atoms with E-state index in [1.165, 1.54) is 0 Å². The Kier molecular flexibility index (Phi) is 3.00. The minimum absolute atomic E-state index is 0.247. The van der Waals surface area contributed by atoms with Gasteiger partial charge in [0.15, 0.2) is 11.5 Å². The summed E-state index contributed by atoms with van der Waals surface area (Å²) in [5.41, 5.74) is -0.247. The standard InChI is InChI=1S/C12H3BF6O2/c14-5-1-4(2-6(15)3-5)13-20-11-9(18)7(16)8(17)10(19)12(11)21-13/h1-3H. The third-order valence-corrected chi connectivity index (χ3v) is 2.79. The van der Waals surface area contributed by atoms with Crippen molar-refractivity contribution >= 4 is 12.6 Å². The highest BCUT2D eigenvalue weighted by Gasteiger charge is 2.41. The molecule has 0 N–H and O–H groups in total. The SMILES string of the molecule is Fc1cc(F)cc(B2Oc3c(F)c(F)c(F)c(F)c3O2)c1. The molecule has 0 saturated carbocycles. The van der Waals surface area contributed by atoms with Crippen LogP contribution in [0.15, 0.2) is 18.2 Å². The summed E-state index contributed by atoms with van der Waals surface area (Å²) < 4.78 is 88.7. The molecule has 9 heteroatoms. The number of rotatable bonds is 1. The van der Waals surface area contributed by atoms with Crippen LogP contribution < -0.4 is 14.8 Å². The predicted molar refractivity (Wildman–Crippen MR) is 59.3 cm³/mol. The van der Waals surface area contributed by atoms with Crippen LogP contribution in [0.3, 0.4) is 0 Å². The molecule has 1 aliphatic heterocycles. The Hall–Kier alpha value is -2.32. The van der Waals surface area contributed by atoms with E-state index in [0.717, 1.165) is 12.1 Å². The Morgan fingerprint density at radius 3 is 1.48 bits per heavy atom. The molecule has 3 rings (SSSR count). The maximum Gasteiger partial charge on any atom is 0.633 e. The van der Waals surface area contributed by atoms with Gasteiger partial charge in [-0.15, -0.1) is 0 Å². The lowest BCUT2D eigenvalue weighted by atomic mass is 9.79. The Balaban J connectivity index is 2.05. The zero-order chi connectivity index (χ0) is 15.3. The Morgan fingerprint density at radius 1 is 0.619 bits per heavy atom. The average Bonchev–Trinajstić information content (AvgIpc) is 2.87. The van der Waals surface area contributed by atoms with Crippen LogP contribution >= 0.6 is 0 Å². The van der Waals surface area contributed by atoms with Crippen molar-refractivity contribution in [2.24, 2.45) is 0 Å². The molecule has 0 amide bonds. The Labute approximate surface area is 114 Å². The molecule has 0 fully saturated rings. The molecule has 2 nitrogen and oxygen atoms in total. The van der Waals surface area contributed by atoms with Gasteiger partial charge in [-0.2, -0.15) is 8.78 Å². The summed E-state index contributed by atoms with van der Waals surface area (Å²) in [6.45, 7) is 0. The molecule has 0 atom stereocenters. The van der Waals surface area contributed by atoms with Gasteiger partial charge in [0.05, 0.1) is 0 Å². The van der Waals surface area contributed by atoms with E-state index in [4.69, 9.17) is 9.31 Å². The first kappa shape index (κ1) is 13.7. The van der Waals surface area contributed by atoms with Crippen molar-refractivity contribution in [3.63, 3.8) is 0 Å². The second-order valence-electron chi connectivity index (χ2n) is 4.18. The van der Waals surface area contributed by atoms with Crippen LogP contribution in [0.2, 0.25) is 0 Å². The minimum atomic E-state index is -2.07. The molecular formula is C12H3BF6O2. The van der Waals surface area contributed by atoms with Crippen molar-refractivity contribution < 1.29 is 35.7 Å². The lowest BCUT2D eigenvalue weighted by Gasteiger charge is -2.05. The fraction of sp³-hybridized carbons (Fsp3) is 0. The fourth-order valence-electron chi connectivity index (χ4n) is 1.89. The Morgan fingerprint density at radius 2 is 1.05 bits per heavy atom. The van der Waals surface area contributed by atoms with E-state index in [2.05, 4.69) is 0 Å². The lowest BCUT2D eigenvalue weighted by Crippen LogP contribution is -2.39. The first-order valence-electron chi connectivity index (χ1n) is 5.53. The quantitative estimate of drug-likeness (QED) is 0.349. The van der Waals surface area contributed by atoms with E-state index in [9.17, 15) is 26.3 Å². The molecule has 0 unspecified atom stereocenters.